The molecule has 0 amide bonds. The van der Waals surface area contributed by atoms with Crippen molar-refractivity contribution in [2.24, 2.45) is 0 Å². The van der Waals surface area contributed by atoms with Gasteiger partial charge in [0.25, 0.3) is 0 Å². The Labute approximate surface area is 128 Å². The van der Waals surface area contributed by atoms with Gasteiger partial charge in [0.15, 0.2) is 0 Å². The van der Waals surface area contributed by atoms with Crippen LogP contribution in [0.2, 0.25) is 10.0 Å². The van der Waals surface area contributed by atoms with Gasteiger partial charge in [0, 0.05) is 6.04 Å². The maximum Gasteiger partial charge on any atom is 0.126 e. The summed E-state index contributed by atoms with van der Waals surface area (Å²) >= 11 is 12.2. The van der Waals surface area contributed by atoms with Crippen LogP contribution in [0.3, 0.4) is 0 Å². The molecule has 0 fully saturated rings. The van der Waals surface area contributed by atoms with Gasteiger partial charge in [-0.25, -0.2) is 4.39 Å². The van der Waals surface area contributed by atoms with Gasteiger partial charge in [0.1, 0.15) is 5.82 Å². The van der Waals surface area contributed by atoms with E-state index in [2.05, 4.69) is 5.32 Å². The predicted molar refractivity (Wildman–Crippen MR) is 83.0 cm³/mol. The molecular formula is C16H16Cl2FN. The lowest BCUT2D eigenvalue weighted by molar-refractivity contribution is 0.559. The third-order valence-electron chi connectivity index (χ3n) is 3.25. The van der Waals surface area contributed by atoms with Gasteiger partial charge in [-0.1, -0.05) is 53.5 Å². The summed E-state index contributed by atoms with van der Waals surface area (Å²) in [6, 6.07) is 12.5. The fraction of sp³-hybridized carbons (Fsp3) is 0.250. The number of halogens is 3. The predicted octanol–water partition coefficient (Wildman–Crippen LogP) is 5.03. The van der Waals surface area contributed by atoms with Crippen LogP contribution >= 0.6 is 23.2 Å². The largest absolute Gasteiger partial charge is 0.310 e. The summed E-state index contributed by atoms with van der Waals surface area (Å²) in [6.07, 6.45) is 0.634. The summed E-state index contributed by atoms with van der Waals surface area (Å²) in [5, 5.41) is 4.45. The quantitative estimate of drug-likeness (QED) is 0.817. The van der Waals surface area contributed by atoms with E-state index in [4.69, 9.17) is 23.2 Å². The van der Waals surface area contributed by atoms with Crippen molar-refractivity contribution in [1.82, 2.24) is 5.32 Å². The van der Waals surface area contributed by atoms with Gasteiger partial charge in [-0.2, -0.15) is 0 Å². The lowest BCUT2D eigenvalue weighted by atomic mass is 10.1. The Kier molecular flexibility index (Phi) is 5.41. The highest BCUT2D eigenvalue weighted by Gasteiger charge is 2.11. The van der Waals surface area contributed by atoms with E-state index in [0.717, 1.165) is 5.56 Å². The Bertz CT molecular complexity index is 586. The van der Waals surface area contributed by atoms with E-state index in [1.165, 1.54) is 6.07 Å². The monoisotopic (exact) mass is 311 g/mol. The molecule has 0 bridgehead atoms. The number of benzene rings is 2. The van der Waals surface area contributed by atoms with E-state index in [9.17, 15) is 4.39 Å². The van der Waals surface area contributed by atoms with Gasteiger partial charge in [0.2, 0.25) is 0 Å². The maximum absolute atomic E-state index is 13.5. The summed E-state index contributed by atoms with van der Waals surface area (Å²) < 4.78 is 13.5. The first-order valence-electron chi connectivity index (χ1n) is 6.50. The molecule has 1 atom stereocenters. The zero-order chi connectivity index (χ0) is 14.5. The van der Waals surface area contributed by atoms with E-state index in [-0.39, 0.29) is 11.9 Å². The molecule has 1 N–H and O–H groups in total. The summed E-state index contributed by atoms with van der Waals surface area (Å²) in [5.74, 6) is -0.164. The van der Waals surface area contributed by atoms with Crippen LogP contribution in [0.5, 0.6) is 0 Å². The molecule has 2 rings (SSSR count). The highest BCUT2D eigenvalue weighted by Crippen LogP contribution is 2.29. The third-order valence-corrected chi connectivity index (χ3v) is 4.08. The van der Waals surface area contributed by atoms with Crippen LogP contribution in [-0.4, -0.2) is 6.54 Å². The minimum absolute atomic E-state index is 0.0629. The first-order chi connectivity index (χ1) is 9.59. The molecule has 0 aliphatic rings. The molecule has 1 nitrogen and oxygen atoms in total. The molecule has 0 aliphatic carbocycles. The average Bonchev–Trinajstić information content (AvgIpc) is 2.44. The zero-order valence-electron chi connectivity index (χ0n) is 11.2. The van der Waals surface area contributed by atoms with Crippen molar-refractivity contribution < 1.29 is 4.39 Å². The highest BCUT2D eigenvalue weighted by atomic mass is 35.5. The van der Waals surface area contributed by atoms with Crippen LogP contribution in [-0.2, 0) is 6.42 Å². The fourth-order valence-corrected chi connectivity index (χ4v) is 2.56. The van der Waals surface area contributed by atoms with Crippen LogP contribution < -0.4 is 5.32 Å². The van der Waals surface area contributed by atoms with Crippen LogP contribution in [0.4, 0.5) is 4.39 Å². The molecule has 0 spiro atoms. The third kappa shape index (κ3) is 3.72. The molecule has 0 saturated heterocycles. The lowest BCUT2D eigenvalue weighted by Gasteiger charge is -2.16. The van der Waals surface area contributed by atoms with Crippen molar-refractivity contribution in [3.8, 4) is 0 Å². The molecule has 0 saturated carbocycles. The zero-order valence-corrected chi connectivity index (χ0v) is 12.7. The Morgan fingerprint density at radius 1 is 1.10 bits per heavy atom. The highest BCUT2D eigenvalue weighted by molar-refractivity contribution is 6.42. The number of nitrogens with one attached hydrogen (secondary N) is 1. The Balaban J connectivity index is 1.94. The summed E-state index contributed by atoms with van der Waals surface area (Å²) in [5.41, 5.74) is 1.66. The normalized spacial score (nSPS) is 12.4. The van der Waals surface area contributed by atoms with Crippen LogP contribution in [0.15, 0.2) is 42.5 Å². The van der Waals surface area contributed by atoms with Crippen molar-refractivity contribution in [1.29, 1.82) is 0 Å². The van der Waals surface area contributed by atoms with Crippen molar-refractivity contribution in [3.63, 3.8) is 0 Å². The molecule has 1 unspecified atom stereocenters. The van der Waals surface area contributed by atoms with Gasteiger partial charge >= 0.3 is 0 Å². The second-order valence-corrected chi connectivity index (χ2v) is 5.45. The topological polar surface area (TPSA) is 12.0 Å². The molecule has 2 aromatic rings. The SMILES string of the molecule is CC(NCCc1ccccc1F)c1cccc(Cl)c1Cl. The maximum atomic E-state index is 13.5. The van der Waals surface area contributed by atoms with Gasteiger partial charge < -0.3 is 5.32 Å². The van der Waals surface area contributed by atoms with Crippen molar-refractivity contribution >= 4 is 23.2 Å². The molecule has 20 heavy (non-hydrogen) atoms. The Hall–Kier alpha value is -1.09. The average molecular weight is 312 g/mol. The van der Waals surface area contributed by atoms with Gasteiger partial charge in [0.05, 0.1) is 10.0 Å². The molecule has 2 aromatic carbocycles. The summed E-state index contributed by atoms with van der Waals surface area (Å²) in [6.45, 7) is 2.68. The molecule has 0 aliphatic heterocycles. The van der Waals surface area contributed by atoms with Gasteiger partial charge in [-0.15, -0.1) is 0 Å². The fourth-order valence-electron chi connectivity index (χ4n) is 2.09. The van der Waals surface area contributed by atoms with Crippen molar-refractivity contribution in [3.05, 3.63) is 69.5 Å². The molecule has 0 radical (unpaired) electrons. The van der Waals surface area contributed by atoms with Crippen LogP contribution in [0.1, 0.15) is 24.1 Å². The Morgan fingerprint density at radius 3 is 2.60 bits per heavy atom. The van der Waals surface area contributed by atoms with E-state index in [1.54, 1.807) is 18.2 Å². The van der Waals surface area contributed by atoms with E-state index >= 15 is 0 Å². The molecule has 0 heterocycles. The molecule has 4 heteroatoms. The smallest absolute Gasteiger partial charge is 0.126 e. The molecule has 106 valence electrons. The second-order valence-electron chi connectivity index (χ2n) is 4.66. The van der Waals surface area contributed by atoms with E-state index in [0.29, 0.717) is 28.6 Å². The number of hydrogen-bond acceptors (Lipinski definition) is 1. The summed E-state index contributed by atoms with van der Waals surface area (Å²) in [4.78, 5) is 0. The van der Waals surface area contributed by atoms with Crippen molar-refractivity contribution in [2.75, 3.05) is 6.54 Å². The number of rotatable bonds is 5. The van der Waals surface area contributed by atoms with E-state index in [1.807, 2.05) is 25.1 Å². The van der Waals surface area contributed by atoms with Gasteiger partial charge in [-0.05, 0) is 43.1 Å². The first-order valence-corrected chi connectivity index (χ1v) is 7.26. The standard InChI is InChI=1S/C16H16Cl2FN/c1-11(13-6-4-7-14(17)16(13)18)20-10-9-12-5-2-3-8-15(12)19/h2-8,11,20H,9-10H2,1H3. The second kappa shape index (κ2) is 7.07. The van der Waals surface area contributed by atoms with Crippen LogP contribution in [0, 0.1) is 5.82 Å². The molecule has 0 aromatic heterocycles. The van der Waals surface area contributed by atoms with E-state index < -0.39 is 0 Å². The minimum Gasteiger partial charge on any atom is -0.310 e. The molecular weight excluding hydrogens is 296 g/mol. The lowest BCUT2D eigenvalue weighted by Crippen LogP contribution is -2.22. The number of hydrogen-bond donors (Lipinski definition) is 1. The minimum atomic E-state index is -0.164. The first kappa shape index (κ1) is 15.3. The van der Waals surface area contributed by atoms with Gasteiger partial charge in [-0.3, -0.25) is 0 Å². The van der Waals surface area contributed by atoms with Crippen LogP contribution in [0.25, 0.3) is 0 Å². The Morgan fingerprint density at radius 2 is 1.85 bits per heavy atom. The summed E-state index contributed by atoms with van der Waals surface area (Å²) in [7, 11) is 0. The van der Waals surface area contributed by atoms with Crippen molar-refractivity contribution in [2.45, 2.75) is 19.4 Å².